The molecule has 0 amide bonds. The summed E-state index contributed by atoms with van der Waals surface area (Å²) in [5.74, 6) is 0. The van der Waals surface area contributed by atoms with Crippen molar-refractivity contribution in [1.82, 2.24) is 4.90 Å². The fourth-order valence-electron chi connectivity index (χ4n) is 2.49. The van der Waals surface area contributed by atoms with Crippen molar-refractivity contribution in [2.24, 2.45) is 0 Å². The largest absolute Gasteiger partial charge is 0.381 e. The fourth-order valence-corrected chi connectivity index (χ4v) is 3.29. The first kappa shape index (κ1) is 12.1. The van der Waals surface area contributed by atoms with E-state index < -0.39 is 0 Å². The van der Waals surface area contributed by atoms with Crippen LogP contribution in [0.5, 0.6) is 0 Å². The topological polar surface area (TPSA) is 21.7 Å². The summed E-state index contributed by atoms with van der Waals surface area (Å²) in [6, 6.07) is 0.747. The number of methoxy groups -OCH3 is 2. The van der Waals surface area contributed by atoms with E-state index in [1.807, 2.05) is 14.2 Å². The standard InChI is InChI=1S/C11H20INO2/c1-14-9-5-8(6-9)13-4-3-10(12)11(7-13)15-2/h8-11H,3-7H2,1-2H3/t8-,9-,10-,11+/m0/s1. The van der Waals surface area contributed by atoms with E-state index in [0.29, 0.717) is 16.1 Å². The highest BCUT2D eigenvalue weighted by Gasteiger charge is 2.37. The molecule has 1 aliphatic carbocycles. The average molecular weight is 325 g/mol. The van der Waals surface area contributed by atoms with Gasteiger partial charge in [-0.1, -0.05) is 22.6 Å². The van der Waals surface area contributed by atoms with Gasteiger partial charge in [0, 0.05) is 30.7 Å². The molecule has 1 saturated carbocycles. The number of likely N-dealkylation sites (tertiary alicyclic amines) is 1. The monoisotopic (exact) mass is 325 g/mol. The summed E-state index contributed by atoms with van der Waals surface area (Å²) in [7, 11) is 3.65. The van der Waals surface area contributed by atoms with Gasteiger partial charge in [0.1, 0.15) is 0 Å². The number of hydrogen-bond donors (Lipinski definition) is 0. The van der Waals surface area contributed by atoms with Crippen LogP contribution < -0.4 is 0 Å². The predicted molar refractivity (Wildman–Crippen MR) is 68.6 cm³/mol. The lowest BCUT2D eigenvalue weighted by Crippen LogP contribution is -2.55. The van der Waals surface area contributed by atoms with Crippen molar-refractivity contribution < 1.29 is 9.47 Å². The van der Waals surface area contributed by atoms with Crippen molar-refractivity contribution in [1.29, 1.82) is 0 Å². The van der Waals surface area contributed by atoms with E-state index in [2.05, 4.69) is 27.5 Å². The maximum absolute atomic E-state index is 5.53. The molecule has 2 aliphatic rings. The first-order chi connectivity index (χ1) is 7.24. The van der Waals surface area contributed by atoms with E-state index in [-0.39, 0.29) is 0 Å². The molecule has 0 aromatic heterocycles. The minimum Gasteiger partial charge on any atom is -0.381 e. The maximum atomic E-state index is 5.53. The van der Waals surface area contributed by atoms with Gasteiger partial charge in [-0.05, 0) is 25.8 Å². The molecule has 0 aromatic carbocycles. The number of alkyl halides is 1. The van der Waals surface area contributed by atoms with Gasteiger partial charge < -0.3 is 9.47 Å². The van der Waals surface area contributed by atoms with Crippen LogP contribution in [-0.4, -0.2) is 54.4 Å². The molecule has 2 rings (SSSR count). The van der Waals surface area contributed by atoms with Gasteiger partial charge in [-0.25, -0.2) is 0 Å². The van der Waals surface area contributed by atoms with Gasteiger partial charge in [0.15, 0.2) is 0 Å². The van der Waals surface area contributed by atoms with E-state index in [0.717, 1.165) is 12.6 Å². The van der Waals surface area contributed by atoms with Crippen molar-refractivity contribution in [3.63, 3.8) is 0 Å². The van der Waals surface area contributed by atoms with Gasteiger partial charge in [0.05, 0.1) is 12.2 Å². The summed E-state index contributed by atoms with van der Waals surface area (Å²) >= 11 is 2.52. The Morgan fingerprint density at radius 1 is 1.20 bits per heavy atom. The number of rotatable bonds is 3. The van der Waals surface area contributed by atoms with Crippen LogP contribution in [0.25, 0.3) is 0 Å². The molecule has 1 aliphatic heterocycles. The third-order valence-electron chi connectivity index (χ3n) is 3.73. The van der Waals surface area contributed by atoms with Crippen LogP contribution in [0.1, 0.15) is 19.3 Å². The quantitative estimate of drug-likeness (QED) is 0.582. The Bertz CT molecular complexity index is 209. The summed E-state index contributed by atoms with van der Waals surface area (Å²) in [6.45, 7) is 2.33. The van der Waals surface area contributed by atoms with Gasteiger partial charge in [-0.15, -0.1) is 0 Å². The van der Waals surface area contributed by atoms with Crippen LogP contribution in [0.4, 0.5) is 0 Å². The highest BCUT2D eigenvalue weighted by molar-refractivity contribution is 14.1. The van der Waals surface area contributed by atoms with Crippen LogP contribution in [0, 0.1) is 0 Å². The van der Waals surface area contributed by atoms with E-state index in [1.165, 1.54) is 25.8 Å². The third kappa shape index (κ3) is 2.65. The zero-order valence-corrected chi connectivity index (χ0v) is 11.6. The molecule has 0 radical (unpaired) electrons. The minimum absolute atomic E-state index is 0.418. The highest BCUT2D eigenvalue weighted by atomic mass is 127. The Labute approximate surface area is 106 Å². The SMILES string of the molecule is CO[C@@H]1CN([C@H]2C[C@H](OC)C2)CC[C@@H]1I. The molecule has 2 atom stereocenters. The van der Waals surface area contributed by atoms with Crippen molar-refractivity contribution in [2.75, 3.05) is 27.3 Å². The number of hydrogen-bond acceptors (Lipinski definition) is 3. The lowest BCUT2D eigenvalue weighted by Gasteiger charge is -2.46. The number of halogens is 1. The van der Waals surface area contributed by atoms with Gasteiger partial charge in [0.25, 0.3) is 0 Å². The van der Waals surface area contributed by atoms with Crippen molar-refractivity contribution in [3.8, 4) is 0 Å². The Balaban J connectivity index is 1.80. The molecule has 0 N–H and O–H groups in total. The zero-order valence-electron chi connectivity index (χ0n) is 9.49. The smallest absolute Gasteiger partial charge is 0.0816 e. The molecule has 1 saturated heterocycles. The second kappa shape index (κ2) is 5.29. The van der Waals surface area contributed by atoms with Gasteiger partial charge in [-0.3, -0.25) is 4.90 Å². The molecule has 15 heavy (non-hydrogen) atoms. The highest BCUT2D eigenvalue weighted by Crippen LogP contribution is 2.31. The predicted octanol–water partition coefficient (Wildman–Crippen LogP) is 1.69. The van der Waals surface area contributed by atoms with Crippen LogP contribution in [0.2, 0.25) is 0 Å². The second-order valence-electron chi connectivity index (χ2n) is 4.56. The third-order valence-corrected chi connectivity index (χ3v) is 5.16. The minimum atomic E-state index is 0.418. The molecule has 3 nitrogen and oxygen atoms in total. The van der Waals surface area contributed by atoms with E-state index in [1.54, 1.807) is 0 Å². The second-order valence-corrected chi connectivity index (χ2v) is 6.16. The number of piperidine rings is 1. The molecule has 0 spiro atoms. The van der Waals surface area contributed by atoms with Gasteiger partial charge in [-0.2, -0.15) is 0 Å². The Morgan fingerprint density at radius 3 is 2.53 bits per heavy atom. The Hall–Kier alpha value is 0.610. The molecular formula is C11H20INO2. The summed E-state index contributed by atoms with van der Waals surface area (Å²) in [6.07, 6.45) is 4.60. The molecule has 0 unspecified atom stereocenters. The van der Waals surface area contributed by atoms with Gasteiger partial charge >= 0.3 is 0 Å². The zero-order chi connectivity index (χ0) is 10.8. The molecule has 4 heteroatoms. The average Bonchev–Trinajstić information content (AvgIpc) is 2.19. The van der Waals surface area contributed by atoms with Crippen LogP contribution in [0.3, 0.4) is 0 Å². The van der Waals surface area contributed by atoms with Crippen LogP contribution >= 0.6 is 22.6 Å². The first-order valence-corrected chi connectivity index (χ1v) is 6.93. The van der Waals surface area contributed by atoms with Gasteiger partial charge in [0.2, 0.25) is 0 Å². The molecule has 1 heterocycles. The van der Waals surface area contributed by atoms with E-state index in [9.17, 15) is 0 Å². The molecule has 2 fully saturated rings. The summed E-state index contributed by atoms with van der Waals surface area (Å²) in [4.78, 5) is 2.58. The molecular weight excluding hydrogens is 305 g/mol. The number of ether oxygens (including phenoxy) is 2. The summed E-state index contributed by atoms with van der Waals surface area (Å²) in [5.41, 5.74) is 0. The normalized spacial score (nSPS) is 42.6. The van der Waals surface area contributed by atoms with Crippen LogP contribution in [0.15, 0.2) is 0 Å². The van der Waals surface area contributed by atoms with Crippen molar-refractivity contribution in [2.45, 2.75) is 41.4 Å². The summed E-state index contributed by atoms with van der Waals surface area (Å²) in [5, 5.41) is 0. The summed E-state index contributed by atoms with van der Waals surface area (Å²) < 4.78 is 11.5. The van der Waals surface area contributed by atoms with Crippen LogP contribution in [-0.2, 0) is 9.47 Å². The lowest BCUT2D eigenvalue weighted by atomic mass is 9.86. The fraction of sp³-hybridized carbons (Fsp3) is 1.00. The molecule has 0 aromatic rings. The maximum Gasteiger partial charge on any atom is 0.0816 e. The Kier molecular flexibility index (Phi) is 4.26. The van der Waals surface area contributed by atoms with E-state index >= 15 is 0 Å². The van der Waals surface area contributed by atoms with Crippen molar-refractivity contribution >= 4 is 22.6 Å². The van der Waals surface area contributed by atoms with Crippen molar-refractivity contribution in [3.05, 3.63) is 0 Å². The van der Waals surface area contributed by atoms with E-state index in [4.69, 9.17) is 9.47 Å². The first-order valence-electron chi connectivity index (χ1n) is 5.68. The lowest BCUT2D eigenvalue weighted by molar-refractivity contribution is -0.0542. The molecule has 88 valence electrons. The Morgan fingerprint density at radius 2 is 1.93 bits per heavy atom. The number of nitrogens with zero attached hydrogens (tertiary/aromatic N) is 1. The molecule has 0 bridgehead atoms.